The maximum atomic E-state index is 12.2. The Morgan fingerprint density at radius 1 is 1.18 bits per heavy atom. The number of morpholine rings is 1. The van der Waals surface area contributed by atoms with Crippen LogP contribution in [0.1, 0.15) is 23.2 Å². The number of benzene rings is 1. The quantitative estimate of drug-likeness (QED) is 0.852. The maximum Gasteiger partial charge on any atom is 0.326 e. The Balaban J connectivity index is 1.64. The summed E-state index contributed by atoms with van der Waals surface area (Å²) in [6, 6.07) is 6.50. The Bertz CT molecular complexity index is 548. The molecule has 1 aliphatic heterocycles. The lowest BCUT2D eigenvalue weighted by Gasteiger charge is -2.28. The van der Waals surface area contributed by atoms with Crippen molar-refractivity contribution in [1.29, 1.82) is 0 Å². The molecule has 2 fully saturated rings. The van der Waals surface area contributed by atoms with Gasteiger partial charge < -0.3 is 20.1 Å². The monoisotopic (exact) mass is 304 g/mol. The highest BCUT2D eigenvalue weighted by molar-refractivity contribution is 5.97. The van der Waals surface area contributed by atoms with Crippen LogP contribution in [0.3, 0.4) is 0 Å². The van der Waals surface area contributed by atoms with Crippen molar-refractivity contribution in [2.75, 3.05) is 31.2 Å². The van der Waals surface area contributed by atoms with Crippen LogP contribution < -0.4 is 10.2 Å². The van der Waals surface area contributed by atoms with Gasteiger partial charge in [-0.2, -0.15) is 0 Å². The standard InChI is InChI=1S/C16H20N2O4/c19-15(17-14(16(20)21)11-1-2-11)12-3-5-13(6-4-12)18-7-9-22-10-8-18/h3-6,11,14H,1-2,7-10H2,(H,17,19)(H,20,21). The molecular weight excluding hydrogens is 284 g/mol. The summed E-state index contributed by atoms with van der Waals surface area (Å²) in [5, 5.41) is 11.8. The van der Waals surface area contributed by atoms with Crippen molar-refractivity contribution in [1.82, 2.24) is 5.32 Å². The van der Waals surface area contributed by atoms with Crippen molar-refractivity contribution in [3.8, 4) is 0 Å². The summed E-state index contributed by atoms with van der Waals surface area (Å²) in [5.74, 6) is -1.21. The van der Waals surface area contributed by atoms with Crippen LogP contribution in [0.2, 0.25) is 0 Å². The average Bonchev–Trinajstić information content (AvgIpc) is 3.38. The number of rotatable bonds is 5. The number of anilines is 1. The minimum Gasteiger partial charge on any atom is -0.480 e. The second kappa shape index (κ2) is 6.36. The molecule has 0 bridgehead atoms. The van der Waals surface area contributed by atoms with Crippen molar-refractivity contribution in [2.24, 2.45) is 5.92 Å². The lowest BCUT2D eigenvalue weighted by atomic mass is 10.1. The molecule has 1 atom stereocenters. The summed E-state index contributed by atoms with van der Waals surface area (Å²) >= 11 is 0. The van der Waals surface area contributed by atoms with E-state index < -0.39 is 12.0 Å². The van der Waals surface area contributed by atoms with E-state index in [1.807, 2.05) is 12.1 Å². The van der Waals surface area contributed by atoms with Crippen molar-refractivity contribution < 1.29 is 19.4 Å². The van der Waals surface area contributed by atoms with Crippen LogP contribution in [-0.2, 0) is 9.53 Å². The summed E-state index contributed by atoms with van der Waals surface area (Å²) in [5.41, 5.74) is 1.54. The predicted octanol–water partition coefficient (Wildman–Crippen LogP) is 1.12. The average molecular weight is 304 g/mol. The van der Waals surface area contributed by atoms with E-state index in [4.69, 9.17) is 9.84 Å². The molecule has 1 aliphatic carbocycles. The first-order chi connectivity index (χ1) is 10.6. The van der Waals surface area contributed by atoms with Crippen molar-refractivity contribution in [3.63, 3.8) is 0 Å². The minimum absolute atomic E-state index is 0.0778. The summed E-state index contributed by atoms with van der Waals surface area (Å²) < 4.78 is 5.32. The van der Waals surface area contributed by atoms with Crippen molar-refractivity contribution in [3.05, 3.63) is 29.8 Å². The number of carboxylic acids is 1. The lowest BCUT2D eigenvalue weighted by molar-refractivity contribution is -0.139. The molecule has 1 aromatic rings. The van der Waals surface area contributed by atoms with Crippen LogP contribution in [-0.4, -0.2) is 49.3 Å². The van der Waals surface area contributed by atoms with Crippen molar-refractivity contribution in [2.45, 2.75) is 18.9 Å². The van der Waals surface area contributed by atoms with Gasteiger partial charge in [-0.3, -0.25) is 4.79 Å². The lowest BCUT2D eigenvalue weighted by Crippen LogP contribution is -2.42. The van der Waals surface area contributed by atoms with Crippen LogP contribution in [0.5, 0.6) is 0 Å². The molecule has 2 N–H and O–H groups in total. The molecule has 22 heavy (non-hydrogen) atoms. The zero-order valence-electron chi connectivity index (χ0n) is 12.3. The highest BCUT2D eigenvalue weighted by Crippen LogP contribution is 2.32. The number of ether oxygens (including phenoxy) is 1. The van der Waals surface area contributed by atoms with Gasteiger partial charge in [0.05, 0.1) is 13.2 Å². The molecule has 1 aromatic carbocycles. The smallest absolute Gasteiger partial charge is 0.326 e. The van der Waals surface area contributed by atoms with Gasteiger partial charge in [0.15, 0.2) is 0 Å². The first-order valence-electron chi connectivity index (χ1n) is 7.61. The number of carbonyl (C=O) groups excluding carboxylic acids is 1. The van der Waals surface area contributed by atoms with Gasteiger partial charge in [0.1, 0.15) is 6.04 Å². The molecule has 118 valence electrons. The summed E-state index contributed by atoms with van der Waals surface area (Å²) in [6.07, 6.45) is 1.74. The molecule has 1 saturated carbocycles. The first kappa shape index (κ1) is 14.8. The summed E-state index contributed by atoms with van der Waals surface area (Å²) in [4.78, 5) is 25.6. The fourth-order valence-electron chi connectivity index (χ4n) is 2.68. The Hall–Kier alpha value is -2.08. The molecule has 1 unspecified atom stereocenters. The van der Waals surface area contributed by atoms with Gasteiger partial charge in [-0.25, -0.2) is 4.79 Å². The van der Waals surface area contributed by atoms with Crippen LogP contribution in [0, 0.1) is 5.92 Å². The fourth-order valence-corrected chi connectivity index (χ4v) is 2.68. The highest BCUT2D eigenvalue weighted by atomic mass is 16.5. The molecule has 0 aromatic heterocycles. The first-order valence-corrected chi connectivity index (χ1v) is 7.61. The molecule has 2 aliphatic rings. The van der Waals surface area contributed by atoms with Gasteiger partial charge in [0, 0.05) is 24.3 Å². The van der Waals surface area contributed by atoms with Gasteiger partial charge in [-0.15, -0.1) is 0 Å². The Labute approximate surface area is 129 Å². The third-order valence-electron chi connectivity index (χ3n) is 4.15. The zero-order valence-corrected chi connectivity index (χ0v) is 12.3. The van der Waals surface area contributed by atoms with Crippen LogP contribution in [0.4, 0.5) is 5.69 Å². The molecular formula is C16H20N2O4. The van der Waals surface area contributed by atoms with Crippen molar-refractivity contribution >= 4 is 17.6 Å². The van der Waals surface area contributed by atoms with E-state index in [2.05, 4.69) is 10.2 Å². The summed E-state index contributed by atoms with van der Waals surface area (Å²) in [6.45, 7) is 3.11. The highest BCUT2D eigenvalue weighted by Gasteiger charge is 2.37. The molecule has 6 heteroatoms. The minimum atomic E-state index is -0.958. The largest absolute Gasteiger partial charge is 0.480 e. The SMILES string of the molecule is O=C(NC(C(=O)O)C1CC1)c1ccc(N2CCOCC2)cc1. The molecule has 3 rings (SSSR count). The number of carboxylic acid groups (broad SMARTS) is 1. The third kappa shape index (κ3) is 3.39. The zero-order chi connectivity index (χ0) is 15.5. The maximum absolute atomic E-state index is 12.2. The normalized spacial score (nSPS) is 19.5. The molecule has 1 heterocycles. The van der Waals surface area contributed by atoms with Crippen LogP contribution in [0.25, 0.3) is 0 Å². The number of nitrogens with one attached hydrogen (secondary N) is 1. The van der Waals surface area contributed by atoms with Gasteiger partial charge in [-0.05, 0) is 43.0 Å². The summed E-state index contributed by atoms with van der Waals surface area (Å²) in [7, 11) is 0. The fraction of sp³-hybridized carbons (Fsp3) is 0.500. The van der Waals surface area contributed by atoms with E-state index in [1.54, 1.807) is 12.1 Å². The number of aliphatic carboxylic acids is 1. The number of amides is 1. The molecule has 1 amide bonds. The van der Waals surface area contributed by atoms with E-state index in [9.17, 15) is 9.59 Å². The molecule has 0 radical (unpaired) electrons. The Morgan fingerprint density at radius 2 is 1.82 bits per heavy atom. The Kier molecular flexibility index (Phi) is 4.29. The number of hydrogen-bond donors (Lipinski definition) is 2. The number of nitrogens with zero attached hydrogens (tertiary/aromatic N) is 1. The second-order valence-electron chi connectivity index (χ2n) is 5.77. The topological polar surface area (TPSA) is 78.9 Å². The molecule has 6 nitrogen and oxygen atoms in total. The van der Waals surface area contributed by atoms with Crippen LogP contribution >= 0.6 is 0 Å². The van der Waals surface area contributed by atoms with Gasteiger partial charge >= 0.3 is 5.97 Å². The van der Waals surface area contributed by atoms with E-state index in [1.165, 1.54) is 0 Å². The van der Waals surface area contributed by atoms with E-state index in [0.717, 1.165) is 31.6 Å². The number of hydrogen-bond acceptors (Lipinski definition) is 4. The third-order valence-corrected chi connectivity index (χ3v) is 4.15. The van der Waals surface area contributed by atoms with E-state index in [0.29, 0.717) is 18.8 Å². The molecule has 1 saturated heterocycles. The second-order valence-corrected chi connectivity index (χ2v) is 5.77. The van der Waals surface area contributed by atoms with Gasteiger partial charge in [0.25, 0.3) is 5.91 Å². The van der Waals surface area contributed by atoms with E-state index in [-0.39, 0.29) is 11.8 Å². The predicted molar refractivity (Wildman–Crippen MR) is 81.1 cm³/mol. The van der Waals surface area contributed by atoms with Gasteiger partial charge in [0.2, 0.25) is 0 Å². The van der Waals surface area contributed by atoms with Gasteiger partial charge in [-0.1, -0.05) is 0 Å². The molecule has 0 spiro atoms. The Morgan fingerprint density at radius 3 is 2.36 bits per heavy atom. The number of carbonyl (C=O) groups is 2. The van der Waals surface area contributed by atoms with E-state index >= 15 is 0 Å². The van der Waals surface area contributed by atoms with Crippen LogP contribution in [0.15, 0.2) is 24.3 Å².